The van der Waals surface area contributed by atoms with Crippen molar-refractivity contribution in [1.82, 2.24) is 0 Å². The van der Waals surface area contributed by atoms with Crippen molar-refractivity contribution in [3.05, 3.63) is 62.0 Å². The Morgan fingerprint density at radius 3 is 2.29 bits per heavy atom. The summed E-state index contributed by atoms with van der Waals surface area (Å²) in [5, 5.41) is 12.4. The molecule has 7 heteroatoms. The molecule has 1 amide bonds. The molecule has 21 heavy (non-hydrogen) atoms. The molecule has 0 bridgehead atoms. The van der Waals surface area contributed by atoms with E-state index >= 15 is 0 Å². The molecule has 2 N–H and O–H groups in total. The molecule has 2 rings (SSSR count). The predicted molar refractivity (Wildman–Crippen MR) is 85.5 cm³/mol. The minimum absolute atomic E-state index is 0.0501. The zero-order chi connectivity index (χ0) is 15.6. The van der Waals surface area contributed by atoms with Crippen LogP contribution in [0.15, 0.2) is 40.9 Å². The second-order valence-electron chi connectivity index (χ2n) is 4.07. The second-order valence-corrected chi connectivity index (χ2v) is 5.80. The molecule has 0 aliphatic rings. The number of nitrogens with one attached hydrogen (secondary N) is 1. The highest BCUT2D eigenvalue weighted by atomic mass is 79.9. The van der Waals surface area contributed by atoms with Gasteiger partial charge in [-0.2, -0.15) is 0 Å². The third-order valence-electron chi connectivity index (χ3n) is 2.63. The zero-order valence-corrected chi connectivity index (χ0v) is 13.5. The van der Waals surface area contributed by atoms with E-state index in [1.165, 1.54) is 24.3 Å². The Hall–Kier alpha value is -1.56. The van der Waals surface area contributed by atoms with Gasteiger partial charge in [0.25, 0.3) is 5.91 Å². The first-order valence-electron chi connectivity index (χ1n) is 5.67. The van der Waals surface area contributed by atoms with Crippen molar-refractivity contribution in [2.75, 3.05) is 5.32 Å². The SMILES string of the molecule is O=C(Nc1cc(Cl)ccc1C(=O)O)c1cc(Cl)ccc1Br. The summed E-state index contributed by atoms with van der Waals surface area (Å²) in [6.45, 7) is 0. The number of rotatable bonds is 3. The maximum Gasteiger partial charge on any atom is 0.337 e. The molecule has 2 aromatic carbocycles. The molecule has 0 heterocycles. The lowest BCUT2D eigenvalue weighted by Crippen LogP contribution is -2.15. The van der Waals surface area contributed by atoms with Gasteiger partial charge in [-0.3, -0.25) is 4.79 Å². The number of anilines is 1. The fourth-order valence-corrected chi connectivity index (χ4v) is 2.44. The summed E-state index contributed by atoms with van der Waals surface area (Å²) in [4.78, 5) is 23.4. The van der Waals surface area contributed by atoms with Gasteiger partial charge in [0.15, 0.2) is 0 Å². The summed E-state index contributed by atoms with van der Waals surface area (Å²) in [6, 6.07) is 8.88. The standard InChI is InChI=1S/C14H8BrCl2NO3/c15-11-4-2-7(16)5-10(11)13(19)18-12-6-8(17)1-3-9(12)14(20)21/h1-6H,(H,18,19)(H,20,21). The highest BCUT2D eigenvalue weighted by Crippen LogP contribution is 2.25. The lowest BCUT2D eigenvalue weighted by atomic mass is 10.1. The molecule has 0 fully saturated rings. The second kappa shape index (κ2) is 6.47. The third-order valence-corrected chi connectivity index (χ3v) is 3.79. The molecule has 0 spiro atoms. The molecule has 0 unspecified atom stereocenters. The van der Waals surface area contributed by atoms with Crippen LogP contribution in [-0.2, 0) is 0 Å². The van der Waals surface area contributed by atoms with Crippen molar-refractivity contribution >= 4 is 56.7 Å². The first-order chi connectivity index (χ1) is 9.88. The van der Waals surface area contributed by atoms with Gasteiger partial charge in [0.1, 0.15) is 0 Å². The van der Waals surface area contributed by atoms with Crippen molar-refractivity contribution < 1.29 is 14.7 Å². The number of benzene rings is 2. The molecule has 0 saturated heterocycles. The average Bonchev–Trinajstić information content (AvgIpc) is 2.41. The number of halogens is 3. The summed E-state index contributed by atoms with van der Waals surface area (Å²) < 4.78 is 0.545. The van der Waals surface area contributed by atoms with Gasteiger partial charge < -0.3 is 10.4 Å². The van der Waals surface area contributed by atoms with Crippen LogP contribution in [0.4, 0.5) is 5.69 Å². The van der Waals surface area contributed by atoms with Gasteiger partial charge in [0, 0.05) is 14.5 Å². The third kappa shape index (κ3) is 3.75. The Morgan fingerprint density at radius 2 is 1.62 bits per heavy atom. The number of hydrogen-bond donors (Lipinski definition) is 2. The predicted octanol–water partition coefficient (Wildman–Crippen LogP) is 4.71. The van der Waals surface area contributed by atoms with Crippen LogP contribution in [0.5, 0.6) is 0 Å². The van der Waals surface area contributed by atoms with Crippen LogP contribution in [0.3, 0.4) is 0 Å². The number of carbonyl (C=O) groups excluding carboxylic acids is 1. The van der Waals surface area contributed by atoms with Gasteiger partial charge >= 0.3 is 5.97 Å². The highest BCUT2D eigenvalue weighted by molar-refractivity contribution is 9.10. The van der Waals surface area contributed by atoms with E-state index in [4.69, 9.17) is 28.3 Å². The summed E-state index contributed by atoms with van der Waals surface area (Å²) in [5.41, 5.74) is 0.358. The topological polar surface area (TPSA) is 66.4 Å². The number of amides is 1. The van der Waals surface area contributed by atoms with Crippen LogP contribution in [0.25, 0.3) is 0 Å². The molecule has 0 radical (unpaired) electrons. The van der Waals surface area contributed by atoms with E-state index in [2.05, 4.69) is 21.2 Å². The fraction of sp³-hybridized carbons (Fsp3) is 0. The van der Waals surface area contributed by atoms with Crippen LogP contribution < -0.4 is 5.32 Å². The zero-order valence-electron chi connectivity index (χ0n) is 10.4. The number of carboxylic acids is 1. The van der Waals surface area contributed by atoms with E-state index in [0.29, 0.717) is 20.1 Å². The Balaban J connectivity index is 2.38. The molecule has 108 valence electrons. The van der Waals surface area contributed by atoms with Crippen LogP contribution in [-0.4, -0.2) is 17.0 Å². The number of carbonyl (C=O) groups is 2. The van der Waals surface area contributed by atoms with Gasteiger partial charge in [-0.05, 0) is 52.3 Å². The van der Waals surface area contributed by atoms with Crippen molar-refractivity contribution in [3.63, 3.8) is 0 Å². The molecule has 0 aromatic heterocycles. The first kappa shape index (κ1) is 15.8. The molecular weight excluding hydrogens is 381 g/mol. The van der Waals surface area contributed by atoms with E-state index in [1.807, 2.05) is 0 Å². The van der Waals surface area contributed by atoms with Gasteiger partial charge in [-0.1, -0.05) is 23.2 Å². The van der Waals surface area contributed by atoms with E-state index < -0.39 is 11.9 Å². The number of carboxylic acid groups (broad SMARTS) is 1. The van der Waals surface area contributed by atoms with Crippen LogP contribution >= 0.6 is 39.1 Å². The Kier molecular flexibility index (Phi) is 4.88. The minimum Gasteiger partial charge on any atom is -0.478 e. The Labute approximate surface area is 138 Å². The van der Waals surface area contributed by atoms with Gasteiger partial charge in [-0.25, -0.2) is 4.79 Å². The lowest BCUT2D eigenvalue weighted by Gasteiger charge is -2.10. The first-order valence-corrected chi connectivity index (χ1v) is 7.22. The molecule has 0 aliphatic heterocycles. The Bertz CT molecular complexity index is 734. The van der Waals surface area contributed by atoms with E-state index in [9.17, 15) is 9.59 Å². The largest absolute Gasteiger partial charge is 0.478 e. The van der Waals surface area contributed by atoms with Crippen LogP contribution in [0.1, 0.15) is 20.7 Å². The van der Waals surface area contributed by atoms with Crippen molar-refractivity contribution in [3.8, 4) is 0 Å². The molecular formula is C14H8BrCl2NO3. The lowest BCUT2D eigenvalue weighted by molar-refractivity contribution is 0.0698. The van der Waals surface area contributed by atoms with E-state index in [-0.39, 0.29) is 11.3 Å². The highest BCUT2D eigenvalue weighted by Gasteiger charge is 2.16. The normalized spacial score (nSPS) is 10.2. The average molecular weight is 389 g/mol. The van der Waals surface area contributed by atoms with E-state index in [1.54, 1.807) is 12.1 Å². The smallest absolute Gasteiger partial charge is 0.337 e. The van der Waals surface area contributed by atoms with Crippen molar-refractivity contribution in [1.29, 1.82) is 0 Å². The quantitative estimate of drug-likeness (QED) is 0.800. The Morgan fingerprint density at radius 1 is 1.00 bits per heavy atom. The van der Waals surface area contributed by atoms with Gasteiger partial charge in [0.2, 0.25) is 0 Å². The fourth-order valence-electron chi connectivity index (χ4n) is 1.67. The molecule has 0 aliphatic carbocycles. The number of aromatic carboxylic acids is 1. The van der Waals surface area contributed by atoms with Crippen LogP contribution in [0.2, 0.25) is 10.0 Å². The van der Waals surface area contributed by atoms with Crippen molar-refractivity contribution in [2.45, 2.75) is 0 Å². The number of hydrogen-bond acceptors (Lipinski definition) is 2. The summed E-state index contributed by atoms with van der Waals surface area (Å²) >= 11 is 14.9. The summed E-state index contributed by atoms with van der Waals surface area (Å²) in [6.07, 6.45) is 0. The van der Waals surface area contributed by atoms with Crippen LogP contribution in [0, 0.1) is 0 Å². The maximum atomic E-state index is 12.2. The van der Waals surface area contributed by atoms with Gasteiger partial charge in [0.05, 0.1) is 16.8 Å². The summed E-state index contributed by atoms with van der Waals surface area (Å²) in [7, 11) is 0. The molecule has 0 atom stereocenters. The molecule has 2 aromatic rings. The minimum atomic E-state index is -1.16. The van der Waals surface area contributed by atoms with E-state index in [0.717, 1.165) is 0 Å². The molecule has 0 saturated carbocycles. The van der Waals surface area contributed by atoms with Gasteiger partial charge in [-0.15, -0.1) is 0 Å². The van der Waals surface area contributed by atoms with Crippen molar-refractivity contribution in [2.24, 2.45) is 0 Å². The monoisotopic (exact) mass is 387 g/mol. The molecule has 4 nitrogen and oxygen atoms in total. The summed E-state index contributed by atoms with van der Waals surface area (Å²) in [5.74, 6) is -1.65. The maximum absolute atomic E-state index is 12.2.